The Morgan fingerprint density at radius 2 is 2.03 bits per heavy atom. The summed E-state index contributed by atoms with van der Waals surface area (Å²) >= 11 is 0. The van der Waals surface area contributed by atoms with Gasteiger partial charge in [-0.1, -0.05) is 26.0 Å². The molecule has 0 bridgehead atoms. The van der Waals surface area contributed by atoms with Gasteiger partial charge in [-0.2, -0.15) is 0 Å². The number of ether oxygens (including phenoxy) is 2. The second-order valence-corrected chi connectivity index (χ2v) is 9.23. The molecule has 0 amide bonds. The van der Waals surface area contributed by atoms with Gasteiger partial charge in [-0.25, -0.2) is 4.39 Å². The fourth-order valence-corrected chi connectivity index (χ4v) is 4.66. The van der Waals surface area contributed by atoms with Crippen molar-refractivity contribution in [2.24, 2.45) is 5.41 Å². The van der Waals surface area contributed by atoms with E-state index in [9.17, 15) is 14.3 Å². The van der Waals surface area contributed by atoms with Crippen LogP contribution in [0.4, 0.5) is 4.39 Å². The summed E-state index contributed by atoms with van der Waals surface area (Å²) in [6, 6.07) is 5.19. The summed E-state index contributed by atoms with van der Waals surface area (Å²) in [4.78, 5) is 11.7. The van der Waals surface area contributed by atoms with E-state index in [1.54, 1.807) is 14.0 Å². The molecule has 5 heteroatoms. The maximum Gasteiger partial charge on any atom is 0.309 e. The average Bonchev–Trinajstić information content (AvgIpc) is 2.61. The number of halogens is 1. The van der Waals surface area contributed by atoms with Crippen molar-refractivity contribution in [1.29, 1.82) is 0 Å². The van der Waals surface area contributed by atoms with Crippen LogP contribution in [0.1, 0.15) is 57.6 Å². The molecule has 3 atom stereocenters. The number of hydrogen-bond acceptors (Lipinski definition) is 4. The van der Waals surface area contributed by atoms with E-state index in [2.05, 4.69) is 20.8 Å². The Labute approximate surface area is 172 Å². The molecule has 1 unspecified atom stereocenters. The van der Waals surface area contributed by atoms with E-state index in [0.717, 1.165) is 23.1 Å². The number of aliphatic hydroxyl groups excluding tert-OH is 1. The summed E-state index contributed by atoms with van der Waals surface area (Å²) in [5, 5.41) is 9.88. The Hall–Kier alpha value is -1.98. The van der Waals surface area contributed by atoms with Gasteiger partial charge in [-0.3, -0.25) is 4.79 Å². The van der Waals surface area contributed by atoms with Crippen LogP contribution in [0.2, 0.25) is 0 Å². The Morgan fingerprint density at radius 3 is 2.66 bits per heavy atom. The number of methoxy groups -OCH3 is 1. The third-order valence-corrected chi connectivity index (χ3v) is 6.09. The molecule has 1 aliphatic carbocycles. The van der Waals surface area contributed by atoms with Crippen molar-refractivity contribution in [1.82, 2.24) is 0 Å². The van der Waals surface area contributed by atoms with Gasteiger partial charge in [0.05, 0.1) is 18.1 Å². The normalized spacial score (nSPS) is 30.0. The molecule has 0 aromatic heterocycles. The third kappa shape index (κ3) is 4.78. The van der Waals surface area contributed by atoms with Crippen molar-refractivity contribution < 1.29 is 23.8 Å². The molecule has 2 aliphatic rings. The molecule has 1 heterocycles. The van der Waals surface area contributed by atoms with E-state index in [-0.39, 0.29) is 29.2 Å². The fraction of sp³-hybridized carbons (Fsp3) is 0.542. The second-order valence-electron chi connectivity index (χ2n) is 9.23. The quantitative estimate of drug-likeness (QED) is 0.740. The van der Waals surface area contributed by atoms with E-state index in [1.165, 1.54) is 6.07 Å². The Bertz CT molecular complexity index is 854. The lowest BCUT2D eigenvalue weighted by atomic mass is 9.65. The number of carbonyl (C=O) groups excluding carboxylic acids is 1. The maximum atomic E-state index is 13.9. The highest BCUT2D eigenvalue weighted by Crippen LogP contribution is 2.50. The molecule has 1 fully saturated rings. The van der Waals surface area contributed by atoms with E-state index >= 15 is 0 Å². The van der Waals surface area contributed by atoms with Gasteiger partial charge < -0.3 is 14.6 Å². The van der Waals surface area contributed by atoms with Crippen molar-refractivity contribution in [2.45, 2.75) is 71.2 Å². The minimum absolute atomic E-state index is 0.0465. The molecule has 0 radical (unpaired) electrons. The van der Waals surface area contributed by atoms with Gasteiger partial charge in [0, 0.05) is 20.0 Å². The second kappa shape index (κ2) is 8.04. The largest absolute Gasteiger partial charge is 0.458 e. The van der Waals surface area contributed by atoms with Crippen molar-refractivity contribution >= 4 is 11.5 Å². The Kier molecular flexibility index (Phi) is 6.02. The van der Waals surface area contributed by atoms with E-state index in [1.807, 2.05) is 24.3 Å². The number of esters is 1. The number of hydrogen-bond donors (Lipinski definition) is 1. The molecule has 1 aliphatic heterocycles. The van der Waals surface area contributed by atoms with Crippen LogP contribution in [-0.4, -0.2) is 36.0 Å². The highest BCUT2D eigenvalue weighted by atomic mass is 19.1. The van der Waals surface area contributed by atoms with Crippen molar-refractivity contribution in [3.8, 4) is 0 Å². The van der Waals surface area contributed by atoms with Gasteiger partial charge in [0.2, 0.25) is 0 Å². The summed E-state index contributed by atoms with van der Waals surface area (Å²) < 4.78 is 25.1. The van der Waals surface area contributed by atoms with Gasteiger partial charge in [-0.05, 0) is 66.2 Å². The number of aliphatic hydroxyl groups is 1. The van der Waals surface area contributed by atoms with Gasteiger partial charge in [0.1, 0.15) is 11.9 Å². The lowest BCUT2D eigenvalue weighted by molar-refractivity contribution is -0.156. The first-order chi connectivity index (χ1) is 13.5. The van der Waals surface area contributed by atoms with Crippen LogP contribution in [0.25, 0.3) is 5.57 Å². The molecular formula is C24H31FO4. The standard InChI is InChI=1S/C24H31FO4/c1-15-10-16(6-9-21(15)25)19-13-24(4,28-5)14-23(2,3)20(19)8-7-18-11-17(26)12-22(27)29-18/h6-10,17-18,26H,11-14H2,1-5H3/b8-7+/t17-,18-,24?/m0/s1. The first-order valence-electron chi connectivity index (χ1n) is 10.1. The van der Waals surface area contributed by atoms with Crippen molar-refractivity contribution in [3.63, 3.8) is 0 Å². The molecule has 158 valence electrons. The van der Waals surface area contributed by atoms with Crippen molar-refractivity contribution in [3.05, 3.63) is 52.9 Å². The summed E-state index contributed by atoms with van der Waals surface area (Å²) in [6.07, 6.45) is 4.73. The number of allylic oxidation sites excluding steroid dienone is 2. The van der Waals surface area contributed by atoms with E-state index < -0.39 is 12.2 Å². The predicted molar refractivity (Wildman–Crippen MR) is 111 cm³/mol. The van der Waals surface area contributed by atoms with Crippen LogP contribution in [0.5, 0.6) is 0 Å². The Morgan fingerprint density at radius 1 is 1.31 bits per heavy atom. The van der Waals surface area contributed by atoms with Crippen LogP contribution >= 0.6 is 0 Å². The zero-order valence-corrected chi connectivity index (χ0v) is 17.9. The molecule has 4 nitrogen and oxygen atoms in total. The topological polar surface area (TPSA) is 55.8 Å². The first kappa shape index (κ1) is 21.7. The highest BCUT2D eigenvalue weighted by molar-refractivity contribution is 5.75. The first-order valence-corrected chi connectivity index (χ1v) is 10.1. The molecule has 0 spiro atoms. The van der Waals surface area contributed by atoms with Crippen LogP contribution in [0.15, 0.2) is 35.9 Å². The summed E-state index contributed by atoms with van der Waals surface area (Å²) in [7, 11) is 1.73. The molecule has 3 rings (SSSR count). The maximum absolute atomic E-state index is 13.9. The number of benzene rings is 1. The van der Waals surface area contributed by atoms with Crippen LogP contribution in [-0.2, 0) is 14.3 Å². The molecule has 0 saturated carbocycles. The lowest BCUT2D eigenvalue weighted by Crippen LogP contribution is -2.39. The van der Waals surface area contributed by atoms with Crippen LogP contribution in [0.3, 0.4) is 0 Å². The molecule has 1 aromatic rings. The monoisotopic (exact) mass is 402 g/mol. The van der Waals surface area contributed by atoms with E-state index in [0.29, 0.717) is 18.4 Å². The predicted octanol–water partition coefficient (Wildman–Crippen LogP) is 4.74. The van der Waals surface area contributed by atoms with Crippen LogP contribution in [0, 0.1) is 18.2 Å². The minimum atomic E-state index is -0.671. The van der Waals surface area contributed by atoms with Gasteiger partial charge in [-0.15, -0.1) is 0 Å². The number of aryl methyl sites for hydroxylation is 1. The Balaban J connectivity index is 2.06. The van der Waals surface area contributed by atoms with Gasteiger partial charge in [0.25, 0.3) is 0 Å². The zero-order valence-electron chi connectivity index (χ0n) is 17.9. The lowest BCUT2D eigenvalue weighted by Gasteiger charge is -2.44. The SMILES string of the molecule is COC1(C)CC(c2ccc(F)c(C)c2)=C(/C=C/[C@H]2C[C@H](O)CC(=O)O2)C(C)(C)C1. The number of rotatable bonds is 4. The number of carbonyl (C=O) groups is 1. The third-order valence-electron chi connectivity index (χ3n) is 6.09. The van der Waals surface area contributed by atoms with Gasteiger partial charge >= 0.3 is 5.97 Å². The van der Waals surface area contributed by atoms with Gasteiger partial charge in [0.15, 0.2) is 0 Å². The number of cyclic esters (lactones) is 1. The minimum Gasteiger partial charge on any atom is -0.458 e. The smallest absolute Gasteiger partial charge is 0.309 e. The average molecular weight is 403 g/mol. The molecule has 1 saturated heterocycles. The van der Waals surface area contributed by atoms with Crippen LogP contribution < -0.4 is 0 Å². The summed E-state index contributed by atoms with van der Waals surface area (Å²) in [6.45, 7) is 8.20. The molecule has 29 heavy (non-hydrogen) atoms. The highest BCUT2D eigenvalue weighted by Gasteiger charge is 2.41. The summed E-state index contributed by atoms with van der Waals surface area (Å²) in [5.41, 5.74) is 3.27. The summed E-state index contributed by atoms with van der Waals surface area (Å²) in [5.74, 6) is -0.601. The van der Waals surface area contributed by atoms with Crippen molar-refractivity contribution in [2.75, 3.05) is 7.11 Å². The van der Waals surface area contributed by atoms with E-state index in [4.69, 9.17) is 9.47 Å². The fourth-order valence-electron chi connectivity index (χ4n) is 4.66. The molecular weight excluding hydrogens is 371 g/mol. The zero-order chi connectivity index (χ0) is 21.4. The molecule has 1 N–H and O–H groups in total. The molecule has 1 aromatic carbocycles.